The van der Waals surface area contributed by atoms with Crippen LogP contribution >= 0.6 is 0 Å². The number of rotatable bonds is 9. The van der Waals surface area contributed by atoms with Gasteiger partial charge in [-0.2, -0.15) is 0 Å². The normalized spacial score (nSPS) is 17.1. The maximum absolute atomic E-state index is 12.8. The molecule has 1 saturated heterocycles. The van der Waals surface area contributed by atoms with Crippen LogP contribution < -0.4 is 14.9 Å². The highest BCUT2D eigenvalue weighted by Crippen LogP contribution is 2.37. The lowest BCUT2D eigenvalue weighted by Crippen LogP contribution is -2.32. The van der Waals surface area contributed by atoms with Gasteiger partial charge >= 0.3 is 12.1 Å². The van der Waals surface area contributed by atoms with Gasteiger partial charge in [0.15, 0.2) is 18.8 Å². The number of aliphatic carboxylic acids is 1. The molecule has 1 N–H and O–H groups in total. The monoisotopic (exact) mass is 473 g/mol. The Labute approximate surface area is 205 Å². The van der Waals surface area contributed by atoms with E-state index in [-0.39, 0.29) is 24.7 Å². The van der Waals surface area contributed by atoms with E-state index in [9.17, 15) is 9.59 Å². The number of methoxy groups -OCH3 is 1. The van der Waals surface area contributed by atoms with Crippen LogP contribution in [0.15, 0.2) is 66.7 Å². The van der Waals surface area contributed by atoms with Crippen LogP contribution in [0.3, 0.4) is 0 Å². The number of carboxylic acids is 1. The molecule has 1 amide bonds. The van der Waals surface area contributed by atoms with Gasteiger partial charge in [-0.25, -0.2) is 4.79 Å². The zero-order valence-corrected chi connectivity index (χ0v) is 20.1. The average Bonchev–Trinajstić information content (AvgIpc) is 3.13. The van der Waals surface area contributed by atoms with Crippen molar-refractivity contribution in [2.75, 3.05) is 7.11 Å². The molecule has 0 radical (unpaired) electrons. The molecule has 0 saturated carbocycles. The van der Waals surface area contributed by atoms with Crippen LogP contribution in [-0.2, 0) is 22.5 Å². The maximum atomic E-state index is 12.8. The first kappa shape index (κ1) is 24.2. The average molecular weight is 473 g/mol. The summed E-state index contributed by atoms with van der Waals surface area (Å²) in [6.45, 7) is 4.35. The van der Waals surface area contributed by atoms with E-state index in [4.69, 9.17) is 19.3 Å². The number of cyclic esters (lactones) is 1. The molecule has 0 bridgehead atoms. The molecule has 7 nitrogen and oxygen atoms in total. The SMILES string of the molecule is CBc1ccc(Oc2cc(CC(=O)O)ccc2OC)c(CN2C(=O)O[C@H](c3ccccc3)[C@@H]2C)c1. The number of nitrogens with zero attached hydrogens (tertiary/aromatic N) is 1. The minimum absolute atomic E-state index is 0.125. The quantitative estimate of drug-likeness (QED) is 0.467. The summed E-state index contributed by atoms with van der Waals surface area (Å²) in [5.74, 6) is 0.540. The smallest absolute Gasteiger partial charge is 0.411 e. The van der Waals surface area contributed by atoms with Gasteiger partial charge in [-0.1, -0.05) is 60.8 Å². The Bertz CT molecular complexity index is 1220. The third kappa shape index (κ3) is 5.43. The first-order chi connectivity index (χ1) is 16.9. The summed E-state index contributed by atoms with van der Waals surface area (Å²) >= 11 is 0. The van der Waals surface area contributed by atoms with E-state index in [0.717, 1.165) is 23.9 Å². The van der Waals surface area contributed by atoms with Gasteiger partial charge < -0.3 is 19.3 Å². The van der Waals surface area contributed by atoms with Crippen molar-refractivity contribution in [1.82, 2.24) is 4.90 Å². The van der Waals surface area contributed by atoms with Gasteiger partial charge in [-0.15, -0.1) is 0 Å². The maximum Gasteiger partial charge on any atom is 0.411 e. The summed E-state index contributed by atoms with van der Waals surface area (Å²) in [7, 11) is 2.36. The van der Waals surface area contributed by atoms with Crippen LogP contribution in [0.4, 0.5) is 4.79 Å². The minimum Gasteiger partial charge on any atom is -0.493 e. The highest BCUT2D eigenvalue weighted by molar-refractivity contribution is 6.51. The van der Waals surface area contributed by atoms with E-state index in [1.165, 1.54) is 7.11 Å². The molecule has 180 valence electrons. The summed E-state index contributed by atoms with van der Waals surface area (Å²) in [5.41, 5.74) is 3.49. The number of carbonyl (C=O) groups excluding carboxylic acids is 1. The predicted octanol–water partition coefficient (Wildman–Crippen LogP) is 4.31. The van der Waals surface area contributed by atoms with Crippen molar-refractivity contribution >= 4 is 24.8 Å². The molecule has 1 aliphatic rings. The standard InChI is InChI=1S/C27H28BNO6/c1-17-26(19-7-5-4-6-8-19)35-27(32)29(17)16-20-15-21(28-2)10-12-22(20)34-24-13-18(14-25(30)31)9-11-23(24)33-3/h4-13,15,17,26,28H,14,16H2,1-3H3,(H,30,31)/t17-,26-/m0/s1. The van der Waals surface area contributed by atoms with Crippen molar-refractivity contribution < 1.29 is 28.9 Å². The first-order valence-corrected chi connectivity index (χ1v) is 11.6. The van der Waals surface area contributed by atoms with Crippen LogP contribution in [0.25, 0.3) is 0 Å². The molecule has 2 atom stereocenters. The highest BCUT2D eigenvalue weighted by Gasteiger charge is 2.39. The number of ether oxygens (including phenoxy) is 3. The summed E-state index contributed by atoms with van der Waals surface area (Å²) in [6.07, 6.45) is -0.851. The Morgan fingerprint density at radius 3 is 2.49 bits per heavy atom. The zero-order valence-electron chi connectivity index (χ0n) is 20.1. The van der Waals surface area contributed by atoms with E-state index < -0.39 is 5.97 Å². The molecule has 3 aromatic rings. The number of hydrogen-bond donors (Lipinski definition) is 1. The van der Waals surface area contributed by atoms with Crippen LogP contribution in [-0.4, -0.2) is 42.5 Å². The lowest BCUT2D eigenvalue weighted by atomic mass is 9.73. The fourth-order valence-corrected chi connectivity index (χ4v) is 4.27. The molecular weight excluding hydrogens is 445 g/mol. The topological polar surface area (TPSA) is 85.3 Å². The van der Waals surface area contributed by atoms with E-state index in [1.807, 2.05) is 55.5 Å². The molecule has 1 aliphatic heterocycles. The molecule has 0 unspecified atom stereocenters. The van der Waals surface area contributed by atoms with Gasteiger partial charge in [0.05, 0.1) is 26.1 Å². The molecule has 1 heterocycles. The molecule has 0 aliphatic carbocycles. The molecule has 0 aromatic heterocycles. The summed E-state index contributed by atoms with van der Waals surface area (Å²) in [6, 6.07) is 20.5. The van der Waals surface area contributed by atoms with Gasteiger partial charge in [0.1, 0.15) is 11.9 Å². The number of benzene rings is 3. The zero-order chi connectivity index (χ0) is 24.9. The highest BCUT2D eigenvalue weighted by atomic mass is 16.6. The Kier molecular flexibility index (Phi) is 7.29. The van der Waals surface area contributed by atoms with Crippen molar-refractivity contribution in [1.29, 1.82) is 0 Å². The van der Waals surface area contributed by atoms with Crippen molar-refractivity contribution in [3.63, 3.8) is 0 Å². The fourth-order valence-electron chi connectivity index (χ4n) is 4.27. The fraction of sp³-hybridized carbons (Fsp3) is 0.259. The van der Waals surface area contributed by atoms with Crippen LogP contribution in [0.5, 0.6) is 17.2 Å². The third-order valence-electron chi connectivity index (χ3n) is 6.20. The Balaban J connectivity index is 1.63. The molecule has 0 spiro atoms. The number of carboxylic acid groups (broad SMARTS) is 1. The van der Waals surface area contributed by atoms with E-state index in [1.54, 1.807) is 23.1 Å². The Morgan fingerprint density at radius 1 is 1.06 bits per heavy atom. The third-order valence-corrected chi connectivity index (χ3v) is 6.20. The van der Waals surface area contributed by atoms with Crippen LogP contribution in [0, 0.1) is 0 Å². The molecule has 3 aromatic carbocycles. The Morgan fingerprint density at radius 2 is 1.80 bits per heavy atom. The summed E-state index contributed by atoms with van der Waals surface area (Å²) < 4.78 is 17.4. The van der Waals surface area contributed by atoms with Gasteiger partial charge in [0.2, 0.25) is 0 Å². The van der Waals surface area contributed by atoms with Crippen LogP contribution in [0.2, 0.25) is 6.82 Å². The second kappa shape index (κ2) is 10.6. The first-order valence-electron chi connectivity index (χ1n) is 11.6. The number of amides is 1. The second-order valence-corrected chi connectivity index (χ2v) is 8.54. The molecular formula is C27H28BNO6. The molecule has 4 rings (SSSR count). The van der Waals surface area contributed by atoms with Crippen molar-refractivity contribution in [2.24, 2.45) is 0 Å². The van der Waals surface area contributed by atoms with Gasteiger partial charge in [0.25, 0.3) is 0 Å². The lowest BCUT2D eigenvalue weighted by molar-refractivity contribution is -0.136. The predicted molar refractivity (Wildman–Crippen MR) is 134 cm³/mol. The largest absolute Gasteiger partial charge is 0.493 e. The van der Waals surface area contributed by atoms with Gasteiger partial charge in [-0.05, 0) is 36.2 Å². The lowest BCUT2D eigenvalue weighted by Gasteiger charge is -2.23. The molecule has 35 heavy (non-hydrogen) atoms. The van der Waals surface area contributed by atoms with Crippen LogP contribution in [0.1, 0.15) is 29.7 Å². The second-order valence-electron chi connectivity index (χ2n) is 8.54. The van der Waals surface area contributed by atoms with E-state index in [2.05, 4.69) is 6.82 Å². The van der Waals surface area contributed by atoms with Gasteiger partial charge in [-0.3, -0.25) is 9.69 Å². The van der Waals surface area contributed by atoms with Crippen molar-refractivity contribution in [2.45, 2.75) is 38.9 Å². The van der Waals surface area contributed by atoms with Crippen molar-refractivity contribution in [3.8, 4) is 17.2 Å². The minimum atomic E-state index is -0.927. The van der Waals surface area contributed by atoms with Gasteiger partial charge in [0, 0.05) is 5.56 Å². The summed E-state index contributed by atoms with van der Waals surface area (Å²) in [5, 5.41) is 9.17. The summed E-state index contributed by atoms with van der Waals surface area (Å²) in [4.78, 5) is 25.7. The van der Waals surface area contributed by atoms with E-state index >= 15 is 0 Å². The molecule has 8 heteroatoms. The number of hydrogen-bond acceptors (Lipinski definition) is 5. The Hall–Kier alpha value is -3.94. The van der Waals surface area contributed by atoms with E-state index in [0.29, 0.717) is 29.4 Å². The van der Waals surface area contributed by atoms with Crippen molar-refractivity contribution in [3.05, 3.63) is 83.4 Å². The molecule has 1 fully saturated rings. The number of carbonyl (C=O) groups is 2.